The highest BCUT2D eigenvalue weighted by atomic mass is 16.5. The summed E-state index contributed by atoms with van der Waals surface area (Å²) in [6.45, 7) is 1.56. The van der Waals surface area contributed by atoms with Crippen molar-refractivity contribution in [1.82, 2.24) is 10.3 Å². The summed E-state index contributed by atoms with van der Waals surface area (Å²) in [4.78, 5) is 29.7. The van der Waals surface area contributed by atoms with E-state index in [-0.39, 0.29) is 18.6 Å². The Kier molecular flexibility index (Phi) is 8.08. The summed E-state index contributed by atoms with van der Waals surface area (Å²) in [6.07, 6.45) is 9.68. The van der Waals surface area contributed by atoms with E-state index in [1.807, 2.05) is 30.3 Å². The van der Waals surface area contributed by atoms with E-state index < -0.39 is 17.3 Å². The van der Waals surface area contributed by atoms with Crippen molar-refractivity contribution in [2.75, 3.05) is 25.0 Å². The van der Waals surface area contributed by atoms with Crippen LogP contribution in [0.25, 0.3) is 0 Å². The molecule has 0 saturated heterocycles. The summed E-state index contributed by atoms with van der Waals surface area (Å²) < 4.78 is 5.99. The van der Waals surface area contributed by atoms with E-state index in [9.17, 15) is 14.7 Å². The van der Waals surface area contributed by atoms with E-state index >= 15 is 0 Å². The van der Waals surface area contributed by atoms with Crippen LogP contribution in [-0.2, 0) is 32.6 Å². The van der Waals surface area contributed by atoms with Gasteiger partial charge in [0, 0.05) is 25.4 Å². The van der Waals surface area contributed by atoms with Gasteiger partial charge in [-0.1, -0.05) is 42.8 Å². The minimum atomic E-state index is -0.884. The Balaban J connectivity index is 1.00. The highest BCUT2D eigenvalue weighted by molar-refractivity contribution is 5.89. The molecular formula is C30H39N3O4. The lowest BCUT2D eigenvalue weighted by Gasteiger charge is -2.41. The molecule has 2 aliphatic carbocycles. The lowest BCUT2D eigenvalue weighted by atomic mass is 9.64. The summed E-state index contributed by atoms with van der Waals surface area (Å²) in [5.74, 6) is 0.122. The zero-order chi connectivity index (χ0) is 25.7. The average molecular weight is 506 g/mol. The average Bonchev–Trinajstić information content (AvgIpc) is 2.86. The number of hydrogen-bond donors (Lipinski definition) is 3. The highest BCUT2D eigenvalue weighted by Crippen LogP contribution is 2.44. The number of aryl methyl sites for hydroxylation is 2. The molecule has 0 bridgehead atoms. The molecule has 1 aliphatic heterocycles. The molecule has 2 heterocycles. The van der Waals surface area contributed by atoms with Crippen LogP contribution in [0.2, 0.25) is 0 Å². The van der Waals surface area contributed by atoms with Crippen LogP contribution >= 0.6 is 0 Å². The van der Waals surface area contributed by atoms with Crippen LogP contribution in [0.5, 0.6) is 0 Å². The van der Waals surface area contributed by atoms with Gasteiger partial charge in [0.05, 0.1) is 17.4 Å². The van der Waals surface area contributed by atoms with E-state index in [1.54, 1.807) is 0 Å². The minimum Gasteiger partial charge on any atom is -0.481 e. The first-order valence-electron chi connectivity index (χ1n) is 13.9. The number of benzene rings is 1. The molecule has 1 atom stereocenters. The fourth-order valence-corrected chi connectivity index (χ4v) is 5.92. The number of ether oxygens (including phenoxy) is 1. The van der Waals surface area contributed by atoms with Crippen LogP contribution in [-0.4, -0.2) is 47.8 Å². The Labute approximate surface area is 219 Å². The quantitative estimate of drug-likeness (QED) is 0.393. The van der Waals surface area contributed by atoms with Gasteiger partial charge in [-0.05, 0) is 80.9 Å². The molecule has 5 rings (SSSR count). The number of fused-ring (bicyclic) bond motifs is 1. The van der Waals surface area contributed by atoms with Gasteiger partial charge in [0.2, 0.25) is 5.91 Å². The number of pyridine rings is 1. The van der Waals surface area contributed by atoms with Crippen LogP contribution < -0.4 is 10.6 Å². The lowest BCUT2D eigenvalue weighted by Crippen LogP contribution is -2.50. The molecule has 3 aliphatic rings. The molecule has 2 aromatic rings. The monoisotopic (exact) mass is 505 g/mol. The summed E-state index contributed by atoms with van der Waals surface area (Å²) in [6, 6.07) is 14.2. The predicted octanol–water partition coefficient (Wildman–Crippen LogP) is 4.50. The third kappa shape index (κ3) is 5.98. The fourth-order valence-electron chi connectivity index (χ4n) is 5.92. The number of nitrogens with one attached hydrogen (secondary N) is 2. The molecule has 0 radical (unpaired) electrons. The van der Waals surface area contributed by atoms with Crippen LogP contribution in [0.15, 0.2) is 42.5 Å². The van der Waals surface area contributed by atoms with E-state index in [1.165, 1.54) is 12.0 Å². The third-order valence-electron chi connectivity index (χ3n) is 8.60. The Morgan fingerprint density at radius 2 is 1.95 bits per heavy atom. The second-order valence-corrected chi connectivity index (χ2v) is 11.0. The molecular weight excluding hydrogens is 466 g/mol. The van der Waals surface area contributed by atoms with Crippen molar-refractivity contribution in [1.29, 1.82) is 0 Å². The predicted molar refractivity (Wildman–Crippen MR) is 143 cm³/mol. The Morgan fingerprint density at radius 3 is 2.68 bits per heavy atom. The number of rotatable bonds is 12. The standard InChI is InChI=1S/C30H39N3O4/c34-28(35)23(20-32-29(36)30(14-5-15-30)24-7-2-1-3-8-24)13-17-37-26-18-21(19-26)9-11-25-12-10-22-6-4-16-31-27(22)33-25/h1-3,7-8,10,12,21,23,26H,4-6,9,11,13-20H2,(H,31,33)(H,32,36)(H,34,35). The molecule has 1 unspecified atom stereocenters. The number of aromatic nitrogens is 1. The zero-order valence-electron chi connectivity index (χ0n) is 21.6. The van der Waals surface area contributed by atoms with Gasteiger partial charge in [-0.15, -0.1) is 0 Å². The van der Waals surface area contributed by atoms with Crippen molar-refractivity contribution in [3.8, 4) is 0 Å². The van der Waals surface area contributed by atoms with Gasteiger partial charge in [0.15, 0.2) is 0 Å². The molecule has 37 heavy (non-hydrogen) atoms. The number of aliphatic carboxylic acids is 1. The van der Waals surface area contributed by atoms with Crippen molar-refractivity contribution in [3.63, 3.8) is 0 Å². The first kappa shape index (κ1) is 25.7. The Morgan fingerprint density at radius 1 is 1.14 bits per heavy atom. The van der Waals surface area contributed by atoms with Crippen LogP contribution in [0.3, 0.4) is 0 Å². The molecule has 1 aromatic heterocycles. The Bertz CT molecular complexity index is 1080. The number of amides is 1. The summed E-state index contributed by atoms with van der Waals surface area (Å²) in [5.41, 5.74) is 2.99. The number of anilines is 1. The van der Waals surface area contributed by atoms with E-state index in [0.717, 1.165) is 75.0 Å². The second-order valence-electron chi connectivity index (χ2n) is 11.0. The van der Waals surface area contributed by atoms with Gasteiger partial charge < -0.3 is 20.5 Å². The number of nitrogens with zero attached hydrogens (tertiary/aromatic N) is 1. The van der Waals surface area contributed by atoms with E-state index in [0.29, 0.717) is 18.9 Å². The maximum Gasteiger partial charge on any atom is 0.308 e. The first-order valence-corrected chi connectivity index (χ1v) is 13.9. The molecule has 3 N–H and O–H groups in total. The highest BCUT2D eigenvalue weighted by Gasteiger charge is 2.45. The maximum absolute atomic E-state index is 13.0. The molecule has 7 nitrogen and oxygen atoms in total. The lowest BCUT2D eigenvalue weighted by molar-refractivity contribution is -0.143. The van der Waals surface area contributed by atoms with Gasteiger partial charge >= 0.3 is 5.97 Å². The number of carboxylic acids is 1. The third-order valence-corrected chi connectivity index (χ3v) is 8.60. The normalized spacial score (nSPS) is 22.5. The Hall–Kier alpha value is -2.93. The molecule has 1 amide bonds. The number of carbonyl (C=O) groups excluding carboxylic acids is 1. The van der Waals surface area contributed by atoms with Crippen molar-refractivity contribution in [2.24, 2.45) is 11.8 Å². The molecule has 7 heteroatoms. The van der Waals surface area contributed by atoms with Gasteiger partial charge in [-0.2, -0.15) is 0 Å². The van der Waals surface area contributed by atoms with Crippen LogP contribution in [0.1, 0.15) is 68.2 Å². The van der Waals surface area contributed by atoms with Gasteiger partial charge in [-0.25, -0.2) is 4.98 Å². The zero-order valence-corrected chi connectivity index (χ0v) is 21.6. The molecule has 198 valence electrons. The molecule has 2 saturated carbocycles. The van der Waals surface area contributed by atoms with E-state index in [4.69, 9.17) is 9.72 Å². The largest absolute Gasteiger partial charge is 0.481 e. The molecule has 0 spiro atoms. The number of hydrogen-bond acceptors (Lipinski definition) is 5. The minimum absolute atomic E-state index is 0.0526. The molecule has 2 fully saturated rings. The van der Waals surface area contributed by atoms with Crippen molar-refractivity contribution in [2.45, 2.75) is 75.7 Å². The van der Waals surface area contributed by atoms with Gasteiger partial charge in [0.1, 0.15) is 5.82 Å². The second kappa shape index (κ2) is 11.6. The van der Waals surface area contributed by atoms with Crippen molar-refractivity contribution in [3.05, 3.63) is 59.3 Å². The van der Waals surface area contributed by atoms with Crippen LogP contribution in [0.4, 0.5) is 5.82 Å². The summed E-state index contributed by atoms with van der Waals surface area (Å²) >= 11 is 0. The fraction of sp³-hybridized carbons (Fsp3) is 0.567. The topological polar surface area (TPSA) is 101 Å². The number of carbonyl (C=O) groups is 2. The maximum atomic E-state index is 13.0. The summed E-state index contributed by atoms with van der Waals surface area (Å²) in [5, 5.41) is 16.0. The van der Waals surface area contributed by atoms with E-state index in [2.05, 4.69) is 22.8 Å². The smallest absolute Gasteiger partial charge is 0.308 e. The summed E-state index contributed by atoms with van der Waals surface area (Å²) in [7, 11) is 0. The number of carboxylic acid groups (broad SMARTS) is 1. The first-order chi connectivity index (χ1) is 18.0. The van der Waals surface area contributed by atoms with Crippen molar-refractivity contribution < 1.29 is 19.4 Å². The van der Waals surface area contributed by atoms with Gasteiger partial charge in [-0.3, -0.25) is 9.59 Å². The van der Waals surface area contributed by atoms with Crippen molar-refractivity contribution >= 4 is 17.7 Å². The molecule has 1 aromatic carbocycles. The van der Waals surface area contributed by atoms with Crippen LogP contribution in [0, 0.1) is 11.8 Å². The SMILES string of the molecule is O=C(O)C(CCOC1CC(CCc2ccc3c(n2)NCCC3)C1)CNC(=O)C1(c2ccccc2)CCC1. The van der Waals surface area contributed by atoms with Gasteiger partial charge in [0.25, 0.3) is 0 Å².